The van der Waals surface area contributed by atoms with Gasteiger partial charge in [-0.1, -0.05) is 18.2 Å². The molecule has 6 heteroatoms. The van der Waals surface area contributed by atoms with Gasteiger partial charge in [0.25, 0.3) is 0 Å². The van der Waals surface area contributed by atoms with Crippen LogP contribution in [0.25, 0.3) is 0 Å². The predicted octanol–water partition coefficient (Wildman–Crippen LogP) is 2.00. The van der Waals surface area contributed by atoms with Crippen molar-refractivity contribution in [2.45, 2.75) is 18.7 Å². The van der Waals surface area contributed by atoms with Crippen molar-refractivity contribution in [1.82, 2.24) is 0 Å². The summed E-state index contributed by atoms with van der Waals surface area (Å²) in [5.41, 5.74) is 5.31. The van der Waals surface area contributed by atoms with Crippen LogP contribution in [-0.2, 0) is 17.3 Å². The Bertz CT molecular complexity index is 457. The molecular weight excluding hydrogens is 245 g/mol. The fraction of sp³-hybridized carbons (Fsp3) is 0.417. The van der Waals surface area contributed by atoms with Gasteiger partial charge < -0.3 is 10.5 Å². The average Bonchev–Trinajstić information content (AvgIpc) is 2.76. The first-order valence-corrected chi connectivity index (χ1v) is 5.55. The third-order valence-corrected chi connectivity index (χ3v) is 2.67. The molecule has 1 aliphatic heterocycles. The van der Waals surface area contributed by atoms with Gasteiger partial charge in [0.1, 0.15) is 6.10 Å². The van der Waals surface area contributed by atoms with Crippen LogP contribution in [0.2, 0.25) is 0 Å². The number of nitrogens with two attached hydrogens (primary N) is 1. The third-order valence-electron chi connectivity index (χ3n) is 2.67. The first-order chi connectivity index (χ1) is 8.49. The summed E-state index contributed by atoms with van der Waals surface area (Å²) < 4.78 is 43.0. The molecule has 0 bridgehead atoms. The fourth-order valence-electron chi connectivity index (χ4n) is 1.83. The van der Waals surface area contributed by atoms with E-state index in [9.17, 15) is 13.2 Å². The minimum Gasteiger partial charge on any atom is -0.474 e. The van der Waals surface area contributed by atoms with E-state index in [-0.39, 0.29) is 12.6 Å². The molecule has 0 amide bonds. The van der Waals surface area contributed by atoms with E-state index in [0.717, 1.165) is 12.1 Å². The largest absolute Gasteiger partial charge is 0.474 e. The third kappa shape index (κ3) is 3.01. The van der Waals surface area contributed by atoms with Crippen LogP contribution in [0.3, 0.4) is 0 Å². The topological polar surface area (TPSA) is 47.6 Å². The lowest BCUT2D eigenvalue weighted by Crippen LogP contribution is -2.20. The molecule has 0 aromatic heterocycles. The number of rotatable bonds is 3. The van der Waals surface area contributed by atoms with Crippen LogP contribution in [0.15, 0.2) is 29.3 Å². The van der Waals surface area contributed by atoms with Crippen molar-refractivity contribution < 1.29 is 17.9 Å². The van der Waals surface area contributed by atoms with Crippen molar-refractivity contribution in [3.05, 3.63) is 35.4 Å². The van der Waals surface area contributed by atoms with Gasteiger partial charge in [0, 0.05) is 6.42 Å². The molecule has 0 fully saturated rings. The molecule has 0 radical (unpaired) electrons. The maximum atomic E-state index is 12.5. The number of nitrogens with zero attached hydrogens (tertiary/aromatic N) is 1. The Morgan fingerprint density at radius 1 is 1.39 bits per heavy atom. The van der Waals surface area contributed by atoms with E-state index < -0.39 is 11.7 Å². The highest BCUT2D eigenvalue weighted by molar-refractivity contribution is 5.79. The van der Waals surface area contributed by atoms with Crippen molar-refractivity contribution in [1.29, 1.82) is 0 Å². The summed E-state index contributed by atoms with van der Waals surface area (Å²) in [6, 6.07) is 5.25. The summed E-state index contributed by atoms with van der Waals surface area (Å²) in [6.45, 7) is 0.669. The van der Waals surface area contributed by atoms with Gasteiger partial charge in [-0.25, -0.2) is 0 Å². The predicted molar refractivity (Wildman–Crippen MR) is 61.4 cm³/mol. The molecule has 0 aliphatic carbocycles. The molecule has 0 saturated heterocycles. The summed E-state index contributed by atoms with van der Waals surface area (Å²) >= 11 is 0. The van der Waals surface area contributed by atoms with Crippen molar-refractivity contribution in [2.24, 2.45) is 10.7 Å². The zero-order chi connectivity index (χ0) is 13.2. The maximum Gasteiger partial charge on any atom is 0.416 e. The Labute approximate surface area is 102 Å². The number of hydrogen-bond donors (Lipinski definition) is 1. The van der Waals surface area contributed by atoms with E-state index in [2.05, 4.69) is 4.99 Å². The lowest BCUT2D eigenvalue weighted by atomic mass is 10.0. The molecule has 1 unspecified atom stereocenters. The van der Waals surface area contributed by atoms with E-state index in [0.29, 0.717) is 24.4 Å². The minimum absolute atomic E-state index is 0.216. The number of ether oxygens (including phenoxy) is 1. The van der Waals surface area contributed by atoms with Gasteiger partial charge in [0.05, 0.1) is 18.7 Å². The lowest BCUT2D eigenvalue weighted by Gasteiger charge is -2.12. The molecule has 1 aromatic rings. The van der Waals surface area contributed by atoms with Gasteiger partial charge in [-0.2, -0.15) is 13.2 Å². The van der Waals surface area contributed by atoms with Crippen LogP contribution < -0.4 is 5.73 Å². The highest BCUT2D eigenvalue weighted by Gasteiger charge is 2.30. The van der Waals surface area contributed by atoms with E-state index in [1.165, 1.54) is 6.07 Å². The quantitative estimate of drug-likeness (QED) is 0.901. The van der Waals surface area contributed by atoms with Crippen LogP contribution in [0.5, 0.6) is 0 Å². The second kappa shape index (κ2) is 4.97. The molecule has 18 heavy (non-hydrogen) atoms. The van der Waals surface area contributed by atoms with E-state index in [4.69, 9.17) is 10.5 Å². The van der Waals surface area contributed by atoms with Crippen molar-refractivity contribution in [3.8, 4) is 0 Å². The monoisotopic (exact) mass is 258 g/mol. The smallest absolute Gasteiger partial charge is 0.416 e. The summed E-state index contributed by atoms with van der Waals surface area (Å²) in [5.74, 6) is 0.465. The number of benzene rings is 1. The van der Waals surface area contributed by atoms with Crippen molar-refractivity contribution in [2.75, 3.05) is 13.1 Å². The minimum atomic E-state index is -4.31. The zero-order valence-corrected chi connectivity index (χ0v) is 9.57. The molecule has 2 rings (SSSR count). The van der Waals surface area contributed by atoms with Crippen LogP contribution >= 0.6 is 0 Å². The van der Waals surface area contributed by atoms with Gasteiger partial charge in [0.15, 0.2) is 5.90 Å². The van der Waals surface area contributed by atoms with Gasteiger partial charge >= 0.3 is 6.18 Å². The van der Waals surface area contributed by atoms with Crippen LogP contribution in [0.1, 0.15) is 11.1 Å². The molecule has 1 aromatic carbocycles. The molecule has 3 nitrogen and oxygen atoms in total. The summed E-state index contributed by atoms with van der Waals surface area (Å²) in [4.78, 5) is 4.05. The van der Waals surface area contributed by atoms with E-state index >= 15 is 0 Å². The van der Waals surface area contributed by atoms with Gasteiger partial charge in [-0.15, -0.1) is 0 Å². The zero-order valence-electron chi connectivity index (χ0n) is 9.57. The molecular formula is C12H13F3N2O. The summed E-state index contributed by atoms with van der Waals surface area (Å²) in [7, 11) is 0. The number of aliphatic imine (C=N–C) groups is 1. The Balaban J connectivity index is 2.03. The maximum absolute atomic E-state index is 12.5. The number of hydrogen-bond acceptors (Lipinski definition) is 3. The molecule has 1 atom stereocenters. The molecule has 1 aliphatic rings. The highest BCUT2D eigenvalue weighted by Crippen LogP contribution is 2.29. The number of alkyl halides is 3. The Morgan fingerprint density at radius 3 is 2.78 bits per heavy atom. The van der Waals surface area contributed by atoms with Crippen molar-refractivity contribution in [3.63, 3.8) is 0 Å². The Hall–Kier alpha value is -1.56. The summed E-state index contributed by atoms with van der Waals surface area (Å²) in [6.07, 6.45) is -4.13. The molecule has 0 spiro atoms. The normalized spacial score (nSPS) is 19.6. The molecule has 1 heterocycles. The first kappa shape index (κ1) is 12.9. The van der Waals surface area contributed by atoms with E-state index in [1.807, 2.05) is 0 Å². The van der Waals surface area contributed by atoms with Gasteiger partial charge in [-0.05, 0) is 11.6 Å². The SMILES string of the molecule is NCC1=NCC(Cc2cccc(C(F)(F)F)c2)O1. The van der Waals surface area contributed by atoms with E-state index in [1.54, 1.807) is 6.07 Å². The van der Waals surface area contributed by atoms with Crippen molar-refractivity contribution >= 4 is 5.90 Å². The number of halogens is 3. The summed E-state index contributed by atoms with van der Waals surface area (Å²) in [5, 5.41) is 0. The Morgan fingerprint density at radius 2 is 2.17 bits per heavy atom. The Kier molecular flexibility index (Phi) is 3.56. The van der Waals surface area contributed by atoms with Gasteiger partial charge in [-0.3, -0.25) is 4.99 Å². The highest BCUT2D eigenvalue weighted by atomic mass is 19.4. The second-order valence-corrected chi connectivity index (χ2v) is 4.08. The van der Waals surface area contributed by atoms with Crippen LogP contribution in [0, 0.1) is 0 Å². The molecule has 2 N–H and O–H groups in total. The molecule has 98 valence electrons. The average molecular weight is 258 g/mol. The van der Waals surface area contributed by atoms with Crippen LogP contribution in [0.4, 0.5) is 13.2 Å². The standard InChI is InChI=1S/C12H13F3N2O/c13-12(14,15)9-3-1-2-8(4-9)5-10-7-17-11(6-16)18-10/h1-4,10H,5-7,16H2. The molecule has 0 saturated carbocycles. The second-order valence-electron chi connectivity index (χ2n) is 4.08. The van der Waals surface area contributed by atoms with Crippen LogP contribution in [-0.4, -0.2) is 25.1 Å². The fourth-order valence-corrected chi connectivity index (χ4v) is 1.83. The first-order valence-electron chi connectivity index (χ1n) is 5.55. The lowest BCUT2D eigenvalue weighted by molar-refractivity contribution is -0.137. The van der Waals surface area contributed by atoms with Gasteiger partial charge in [0.2, 0.25) is 0 Å².